The standard InChI is InChI=1S/C15H22N4/c1-10(2)9-11(3)16-14-8-6-5-7-13(14)15-17-12(4)18-19-15/h5-8,10-11,16H,9H2,1-4H3,(H,17,18,19). The average Bonchev–Trinajstić information content (AvgIpc) is 2.75. The van der Waals surface area contributed by atoms with Crippen LogP contribution in [0.15, 0.2) is 24.3 Å². The van der Waals surface area contributed by atoms with Crippen molar-refractivity contribution in [1.29, 1.82) is 0 Å². The van der Waals surface area contributed by atoms with Crippen LogP contribution in [-0.4, -0.2) is 21.2 Å². The minimum absolute atomic E-state index is 0.432. The molecule has 0 saturated carbocycles. The fourth-order valence-electron chi connectivity index (χ4n) is 2.30. The van der Waals surface area contributed by atoms with E-state index in [0.717, 1.165) is 29.3 Å². The molecule has 2 rings (SSSR count). The van der Waals surface area contributed by atoms with Gasteiger partial charge in [0.2, 0.25) is 0 Å². The Morgan fingerprint density at radius 3 is 2.58 bits per heavy atom. The van der Waals surface area contributed by atoms with E-state index in [4.69, 9.17) is 0 Å². The molecule has 0 aliphatic heterocycles. The molecule has 0 bridgehead atoms. The molecule has 102 valence electrons. The highest BCUT2D eigenvalue weighted by atomic mass is 15.2. The van der Waals surface area contributed by atoms with Gasteiger partial charge in [0.05, 0.1) is 0 Å². The Hall–Kier alpha value is -1.84. The molecule has 19 heavy (non-hydrogen) atoms. The summed E-state index contributed by atoms with van der Waals surface area (Å²) in [7, 11) is 0. The van der Waals surface area contributed by atoms with Crippen LogP contribution < -0.4 is 5.32 Å². The van der Waals surface area contributed by atoms with Gasteiger partial charge in [0.25, 0.3) is 0 Å². The van der Waals surface area contributed by atoms with E-state index in [-0.39, 0.29) is 0 Å². The number of H-pyrrole nitrogens is 1. The normalized spacial score (nSPS) is 12.7. The number of nitrogens with one attached hydrogen (secondary N) is 2. The van der Waals surface area contributed by atoms with Gasteiger partial charge >= 0.3 is 0 Å². The lowest BCUT2D eigenvalue weighted by atomic mass is 10.0. The van der Waals surface area contributed by atoms with E-state index in [2.05, 4.69) is 47.3 Å². The van der Waals surface area contributed by atoms with Crippen LogP contribution in [-0.2, 0) is 0 Å². The summed E-state index contributed by atoms with van der Waals surface area (Å²) >= 11 is 0. The lowest BCUT2D eigenvalue weighted by Crippen LogP contribution is -2.17. The molecule has 2 N–H and O–H groups in total. The first-order valence-corrected chi connectivity index (χ1v) is 6.81. The maximum atomic E-state index is 4.40. The van der Waals surface area contributed by atoms with Gasteiger partial charge in [-0.25, -0.2) is 4.98 Å². The van der Waals surface area contributed by atoms with Crippen molar-refractivity contribution in [3.63, 3.8) is 0 Å². The maximum absolute atomic E-state index is 4.40. The molecule has 1 aromatic heterocycles. The lowest BCUT2D eigenvalue weighted by molar-refractivity contribution is 0.540. The largest absolute Gasteiger partial charge is 0.382 e. The molecule has 0 amide bonds. The van der Waals surface area contributed by atoms with Crippen molar-refractivity contribution in [2.45, 2.75) is 40.2 Å². The van der Waals surface area contributed by atoms with Gasteiger partial charge in [-0.3, -0.25) is 5.10 Å². The third kappa shape index (κ3) is 3.56. The number of rotatable bonds is 5. The Balaban J connectivity index is 2.21. The van der Waals surface area contributed by atoms with E-state index >= 15 is 0 Å². The number of aromatic nitrogens is 3. The minimum Gasteiger partial charge on any atom is -0.382 e. The smallest absolute Gasteiger partial charge is 0.183 e. The maximum Gasteiger partial charge on any atom is 0.183 e. The molecule has 1 atom stereocenters. The molecule has 0 spiro atoms. The Morgan fingerprint density at radius 1 is 1.21 bits per heavy atom. The second kappa shape index (κ2) is 5.87. The van der Waals surface area contributed by atoms with Gasteiger partial charge in [0.15, 0.2) is 5.82 Å². The van der Waals surface area contributed by atoms with Crippen molar-refractivity contribution in [3.8, 4) is 11.4 Å². The number of aryl methyl sites for hydroxylation is 1. The zero-order valence-electron chi connectivity index (χ0n) is 12.1. The molecule has 4 heteroatoms. The SMILES string of the molecule is Cc1nc(-c2ccccc2NC(C)CC(C)C)n[nH]1. The summed E-state index contributed by atoms with van der Waals surface area (Å²) in [6.45, 7) is 8.60. The van der Waals surface area contributed by atoms with Crippen LogP contribution in [0.3, 0.4) is 0 Å². The van der Waals surface area contributed by atoms with Gasteiger partial charge in [-0.2, -0.15) is 5.10 Å². The van der Waals surface area contributed by atoms with Crippen molar-refractivity contribution in [2.75, 3.05) is 5.32 Å². The van der Waals surface area contributed by atoms with Crippen LogP contribution in [0.4, 0.5) is 5.69 Å². The monoisotopic (exact) mass is 258 g/mol. The van der Waals surface area contributed by atoms with Gasteiger partial charge in [0.1, 0.15) is 5.82 Å². The zero-order chi connectivity index (χ0) is 13.8. The number of hydrogen-bond acceptors (Lipinski definition) is 3. The summed E-state index contributed by atoms with van der Waals surface area (Å²) in [6.07, 6.45) is 1.14. The van der Waals surface area contributed by atoms with Crippen molar-refractivity contribution in [2.24, 2.45) is 5.92 Å². The molecule has 4 nitrogen and oxygen atoms in total. The summed E-state index contributed by atoms with van der Waals surface area (Å²) in [5.74, 6) is 2.26. The van der Waals surface area contributed by atoms with Crippen LogP contribution >= 0.6 is 0 Å². The summed E-state index contributed by atoms with van der Waals surface area (Å²) in [5, 5.41) is 10.7. The highest BCUT2D eigenvalue weighted by Gasteiger charge is 2.11. The molecule has 1 unspecified atom stereocenters. The predicted molar refractivity (Wildman–Crippen MR) is 79.1 cm³/mol. The van der Waals surface area contributed by atoms with E-state index in [9.17, 15) is 0 Å². The van der Waals surface area contributed by atoms with E-state index in [0.29, 0.717) is 12.0 Å². The van der Waals surface area contributed by atoms with Crippen molar-refractivity contribution in [1.82, 2.24) is 15.2 Å². The molecule has 0 radical (unpaired) electrons. The average molecular weight is 258 g/mol. The summed E-state index contributed by atoms with van der Waals surface area (Å²) in [5.41, 5.74) is 2.14. The lowest BCUT2D eigenvalue weighted by Gasteiger charge is -2.18. The number of para-hydroxylation sites is 1. The fourth-order valence-corrected chi connectivity index (χ4v) is 2.30. The first-order valence-electron chi connectivity index (χ1n) is 6.81. The second-order valence-corrected chi connectivity index (χ2v) is 5.46. The van der Waals surface area contributed by atoms with Crippen molar-refractivity contribution in [3.05, 3.63) is 30.1 Å². The molecule has 2 aromatic rings. The van der Waals surface area contributed by atoms with Crippen LogP contribution in [0.25, 0.3) is 11.4 Å². The van der Waals surface area contributed by atoms with Gasteiger partial charge in [-0.15, -0.1) is 0 Å². The molecule has 1 heterocycles. The van der Waals surface area contributed by atoms with Crippen LogP contribution in [0, 0.1) is 12.8 Å². The number of hydrogen-bond donors (Lipinski definition) is 2. The fraction of sp³-hybridized carbons (Fsp3) is 0.467. The number of aromatic amines is 1. The summed E-state index contributed by atoms with van der Waals surface area (Å²) in [4.78, 5) is 4.40. The molecule has 0 saturated heterocycles. The Labute approximate surface area is 114 Å². The van der Waals surface area contributed by atoms with Crippen LogP contribution in [0.2, 0.25) is 0 Å². The summed E-state index contributed by atoms with van der Waals surface area (Å²) in [6, 6.07) is 8.61. The zero-order valence-corrected chi connectivity index (χ0v) is 12.1. The minimum atomic E-state index is 0.432. The number of nitrogens with zero attached hydrogens (tertiary/aromatic N) is 2. The predicted octanol–water partition coefficient (Wildman–Crippen LogP) is 3.63. The summed E-state index contributed by atoms with van der Waals surface area (Å²) < 4.78 is 0. The van der Waals surface area contributed by atoms with Crippen molar-refractivity contribution >= 4 is 5.69 Å². The van der Waals surface area contributed by atoms with Crippen LogP contribution in [0.5, 0.6) is 0 Å². The molecule has 0 fully saturated rings. The van der Waals surface area contributed by atoms with Crippen molar-refractivity contribution < 1.29 is 0 Å². The van der Waals surface area contributed by atoms with Gasteiger partial charge in [-0.1, -0.05) is 26.0 Å². The molecular weight excluding hydrogens is 236 g/mol. The van der Waals surface area contributed by atoms with Crippen LogP contribution in [0.1, 0.15) is 33.0 Å². The third-order valence-corrected chi connectivity index (χ3v) is 2.99. The van der Waals surface area contributed by atoms with E-state index < -0.39 is 0 Å². The Morgan fingerprint density at radius 2 is 1.95 bits per heavy atom. The molecule has 1 aromatic carbocycles. The van der Waals surface area contributed by atoms with E-state index in [1.807, 2.05) is 25.1 Å². The highest BCUT2D eigenvalue weighted by Crippen LogP contribution is 2.26. The first-order chi connectivity index (χ1) is 9.06. The Bertz CT molecular complexity index is 530. The molecule has 0 aliphatic rings. The van der Waals surface area contributed by atoms with Gasteiger partial charge in [0, 0.05) is 17.3 Å². The number of anilines is 1. The third-order valence-electron chi connectivity index (χ3n) is 2.99. The number of benzene rings is 1. The van der Waals surface area contributed by atoms with E-state index in [1.165, 1.54) is 0 Å². The second-order valence-electron chi connectivity index (χ2n) is 5.46. The topological polar surface area (TPSA) is 53.6 Å². The van der Waals surface area contributed by atoms with Gasteiger partial charge in [-0.05, 0) is 38.3 Å². The Kier molecular flexibility index (Phi) is 4.20. The van der Waals surface area contributed by atoms with E-state index in [1.54, 1.807) is 0 Å². The molecular formula is C15H22N4. The molecule has 0 aliphatic carbocycles. The highest BCUT2D eigenvalue weighted by molar-refractivity contribution is 5.73. The quantitative estimate of drug-likeness (QED) is 0.861. The first kappa shape index (κ1) is 13.6. The van der Waals surface area contributed by atoms with Gasteiger partial charge < -0.3 is 5.32 Å².